The number of aromatic nitrogens is 5. The van der Waals surface area contributed by atoms with Crippen molar-refractivity contribution in [2.24, 2.45) is 5.92 Å². The summed E-state index contributed by atoms with van der Waals surface area (Å²) in [5.41, 5.74) is 13.3. The van der Waals surface area contributed by atoms with E-state index < -0.39 is 0 Å². The fourth-order valence-electron chi connectivity index (χ4n) is 6.91. The molecule has 1 aliphatic heterocycles. The van der Waals surface area contributed by atoms with Crippen molar-refractivity contribution in [1.82, 2.24) is 24.7 Å². The Morgan fingerprint density at radius 2 is 1.29 bits per heavy atom. The summed E-state index contributed by atoms with van der Waals surface area (Å²) in [6.07, 6.45) is 12.8. The lowest BCUT2D eigenvalue weighted by atomic mass is 9.92. The Labute approximate surface area is 278 Å². The van der Waals surface area contributed by atoms with Crippen LogP contribution in [-0.4, -0.2) is 24.7 Å². The topological polar surface area (TPSA) is 56.5 Å². The molecular formula is C43H31N5. The first-order valence-electron chi connectivity index (χ1n) is 16.3. The second kappa shape index (κ2) is 11.9. The van der Waals surface area contributed by atoms with Crippen LogP contribution in [0.2, 0.25) is 0 Å². The lowest BCUT2D eigenvalue weighted by Gasteiger charge is -2.19. The van der Waals surface area contributed by atoms with Crippen LogP contribution in [0, 0.1) is 5.92 Å². The summed E-state index contributed by atoms with van der Waals surface area (Å²) in [6, 6.07) is 42.9. The van der Waals surface area contributed by atoms with Crippen molar-refractivity contribution in [3.63, 3.8) is 0 Å². The average Bonchev–Trinajstić information content (AvgIpc) is 3.53. The molecule has 0 saturated heterocycles. The highest BCUT2D eigenvalue weighted by atomic mass is 15.3. The molecule has 0 spiro atoms. The molecule has 0 saturated carbocycles. The van der Waals surface area contributed by atoms with E-state index in [1.165, 1.54) is 11.1 Å². The maximum absolute atomic E-state index is 5.36. The van der Waals surface area contributed by atoms with Gasteiger partial charge in [0.1, 0.15) is 0 Å². The Bertz CT molecular complexity index is 2460. The van der Waals surface area contributed by atoms with Crippen molar-refractivity contribution in [3.8, 4) is 44.5 Å². The predicted molar refractivity (Wildman–Crippen MR) is 195 cm³/mol. The van der Waals surface area contributed by atoms with Crippen molar-refractivity contribution in [3.05, 3.63) is 164 Å². The van der Waals surface area contributed by atoms with Crippen LogP contribution in [0.3, 0.4) is 0 Å². The Kier molecular flexibility index (Phi) is 6.94. The van der Waals surface area contributed by atoms with E-state index in [-0.39, 0.29) is 0 Å². The first kappa shape index (κ1) is 28.1. The third-order valence-corrected chi connectivity index (χ3v) is 9.30. The van der Waals surface area contributed by atoms with E-state index >= 15 is 0 Å². The molecule has 48 heavy (non-hydrogen) atoms. The van der Waals surface area contributed by atoms with Gasteiger partial charge in [-0.05, 0) is 88.8 Å². The molecule has 4 aromatic heterocycles. The molecule has 0 radical (unpaired) electrons. The Morgan fingerprint density at radius 1 is 0.604 bits per heavy atom. The number of nitrogens with zero attached hydrogens (tertiary/aromatic N) is 5. The van der Waals surface area contributed by atoms with Crippen molar-refractivity contribution in [2.75, 3.05) is 0 Å². The molecule has 5 nitrogen and oxygen atoms in total. The van der Waals surface area contributed by atoms with Gasteiger partial charge in [0, 0.05) is 70.4 Å². The number of pyridine rings is 3. The summed E-state index contributed by atoms with van der Waals surface area (Å²) in [5.74, 6) is 0.309. The van der Waals surface area contributed by atoms with Gasteiger partial charge in [0.2, 0.25) is 0 Å². The predicted octanol–water partition coefficient (Wildman–Crippen LogP) is 9.93. The van der Waals surface area contributed by atoms with Crippen LogP contribution in [0.25, 0.3) is 72.4 Å². The van der Waals surface area contributed by atoms with E-state index in [1.54, 1.807) is 0 Å². The standard InChI is InChI=1S/C43H31N5/c1-2-14-41-39(13-1)42-18-15-29(28-48(42)47-41)21-38-17-16-34-24-37(32-9-3-7-30(22-32)35-11-5-19-44-26-35)25-40(43(34)46-38)33-10-4-8-31(23-33)36-12-6-20-45-27-36/h1-20,22-27,29H,21,28H2. The van der Waals surface area contributed by atoms with E-state index in [9.17, 15) is 0 Å². The quantitative estimate of drug-likeness (QED) is 0.186. The zero-order valence-corrected chi connectivity index (χ0v) is 26.2. The van der Waals surface area contributed by atoms with E-state index in [1.807, 2.05) is 36.9 Å². The minimum atomic E-state index is 0.309. The molecule has 8 aromatic rings. The highest BCUT2D eigenvalue weighted by Gasteiger charge is 2.19. The number of rotatable bonds is 6. The first-order valence-corrected chi connectivity index (χ1v) is 16.3. The summed E-state index contributed by atoms with van der Waals surface area (Å²) >= 11 is 0. The largest absolute Gasteiger partial charge is 0.264 e. The zero-order valence-electron chi connectivity index (χ0n) is 26.2. The highest BCUT2D eigenvalue weighted by Crippen LogP contribution is 2.37. The summed E-state index contributed by atoms with van der Waals surface area (Å²) in [7, 11) is 0. The number of hydrogen-bond donors (Lipinski definition) is 0. The van der Waals surface area contributed by atoms with E-state index in [4.69, 9.17) is 10.1 Å². The smallest absolute Gasteiger partial charge is 0.0929 e. The molecule has 228 valence electrons. The van der Waals surface area contributed by atoms with Gasteiger partial charge in [0.05, 0.1) is 16.7 Å². The number of allylic oxidation sites excluding steroid dienone is 1. The number of fused-ring (bicyclic) bond motifs is 4. The van der Waals surface area contributed by atoms with Crippen LogP contribution >= 0.6 is 0 Å². The second-order valence-corrected chi connectivity index (χ2v) is 12.5. The Balaban J connectivity index is 1.13. The molecule has 4 aromatic carbocycles. The van der Waals surface area contributed by atoms with E-state index in [0.717, 1.165) is 79.6 Å². The van der Waals surface area contributed by atoms with Crippen LogP contribution in [0.4, 0.5) is 0 Å². The fourth-order valence-corrected chi connectivity index (χ4v) is 6.91. The molecule has 0 aliphatic carbocycles. The van der Waals surface area contributed by atoms with Crippen molar-refractivity contribution in [2.45, 2.75) is 13.0 Å². The molecule has 1 unspecified atom stereocenters. The third kappa shape index (κ3) is 5.25. The maximum atomic E-state index is 5.36. The number of benzene rings is 4. The molecule has 5 heterocycles. The molecule has 5 heteroatoms. The highest BCUT2D eigenvalue weighted by molar-refractivity contribution is 5.98. The van der Waals surface area contributed by atoms with Gasteiger partial charge in [0.15, 0.2) is 0 Å². The van der Waals surface area contributed by atoms with Gasteiger partial charge in [-0.1, -0.05) is 78.9 Å². The van der Waals surface area contributed by atoms with Crippen LogP contribution in [0.15, 0.2) is 152 Å². The van der Waals surface area contributed by atoms with Crippen molar-refractivity contribution >= 4 is 27.9 Å². The van der Waals surface area contributed by atoms with Gasteiger partial charge in [-0.15, -0.1) is 0 Å². The van der Waals surface area contributed by atoms with Crippen molar-refractivity contribution < 1.29 is 0 Å². The number of hydrogen-bond acceptors (Lipinski definition) is 4. The fraction of sp³-hybridized carbons (Fsp3) is 0.0698. The van der Waals surface area contributed by atoms with Gasteiger partial charge < -0.3 is 0 Å². The van der Waals surface area contributed by atoms with Gasteiger partial charge in [-0.3, -0.25) is 19.6 Å². The molecule has 0 bridgehead atoms. The lowest BCUT2D eigenvalue weighted by molar-refractivity contribution is 0.476. The Hall–Kier alpha value is -6.20. The van der Waals surface area contributed by atoms with Crippen molar-refractivity contribution in [1.29, 1.82) is 0 Å². The molecule has 9 rings (SSSR count). The minimum Gasteiger partial charge on any atom is -0.264 e. The van der Waals surface area contributed by atoms with Gasteiger partial charge in [-0.2, -0.15) is 5.10 Å². The SMILES string of the molecule is C1=CC(Cc2ccc3cc(-c4cccc(-c5cccnc5)c4)cc(-c4cccc(-c5cccnc5)c4)c3n2)Cn2nc3ccccc3c21. The summed E-state index contributed by atoms with van der Waals surface area (Å²) in [6.45, 7) is 0.840. The molecule has 1 atom stereocenters. The van der Waals surface area contributed by atoms with E-state index in [0.29, 0.717) is 5.92 Å². The third-order valence-electron chi connectivity index (χ3n) is 9.30. The van der Waals surface area contributed by atoms with Crippen LogP contribution < -0.4 is 0 Å². The minimum absolute atomic E-state index is 0.309. The Morgan fingerprint density at radius 3 is 2.04 bits per heavy atom. The van der Waals surface area contributed by atoms with Gasteiger partial charge >= 0.3 is 0 Å². The van der Waals surface area contributed by atoms with Gasteiger partial charge in [0.25, 0.3) is 0 Å². The van der Waals surface area contributed by atoms with Gasteiger partial charge in [-0.25, -0.2) is 0 Å². The molecule has 0 fully saturated rings. The maximum Gasteiger partial charge on any atom is 0.0929 e. The van der Waals surface area contributed by atoms with Crippen LogP contribution in [0.1, 0.15) is 11.4 Å². The summed E-state index contributed by atoms with van der Waals surface area (Å²) in [5, 5.41) is 7.20. The first-order chi connectivity index (χ1) is 23.7. The molecular weight excluding hydrogens is 587 g/mol. The molecule has 1 aliphatic rings. The van der Waals surface area contributed by atoms with Crippen LogP contribution in [-0.2, 0) is 13.0 Å². The second-order valence-electron chi connectivity index (χ2n) is 12.5. The van der Waals surface area contributed by atoms with E-state index in [2.05, 4.69) is 136 Å². The average molecular weight is 618 g/mol. The zero-order chi connectivity index (χ0) is 31.9. The van der Waals surface area contributed by atoms with Crippen LogP contribution in [0.5, 0.6) is 0 Å². The summed E-state index contributed by atoms with van der Waals surface area (Å²) < 4.78 is 2.15. The lowest BCUT2D eigenvalue weighted by Crippen LogP contribution is -2.17. The monoisotopic (exact) mass is 617 g/mol. The molecule has 0 amide bonds. The summed E-state index contributed by atoms with van der Waals surface area (Å²) in [4.78, 5) is 14.1. The normalized spacial score (nSPS) is 14.0. The molecule has 0 N–H and O–H groups in total.